The standard InChI is InChI=1S/C33H38NOP/c1-4-19-33(2,36-31-18-12-11-17-28(31)24-34-3)30-23-27(20-25-13-7-5-8-14-25)22-29(32(30)35)21-26-15-9-6-10-16-26/h5-18,22-23,34-36H,4,19-21,24H2,1-3H3. The van der Waals surface area contributed by atoms with Crippen molar-refractivity contribution in [3.8, 4) is 5.75 Å². The van der Waals surface area contributed by atoms with Crippen molar-refractivity contribution >= 4 is 13.9 Å². The van der Waals surface area contributed by atoms with E-state index < -0.39 is 0 Å². The summed E-state index contributed by atoms with van der Waals surface area (Å²) in [5.74, 6) is 0.463. The van der Waals surface area contributed by atoms with E-state index in [1.807, 2.05) is 13.1 Å². The normalized spacial score (nSPS) is 13.2. The summed E-state index contributed by atoms with van der Waals surface area (Å²) in [6.07, 6.45) is 3.67. The molecule has 0 aliphatic heterocycles. The second kappa shape index (κ2) is 12.3. The minimum Gasteiger partial charge on any atom is -0.507 e. The van der Waals surface area contributed by atoms with E-state index in [0.29, 0.717) is 14.3 Å². The molecule has 2 atom stereocenters. The molecule has 0 aliphatic carbocycles. The SMILES string of the molecule is CCCC(C)(Pc1ccccc1CNC)c1cc(Cc2ccccc2)cc(Cc2ccccc2)c1O. The molecule has 0 aliphatic rings. The van der Waals surface area contributed by atoms with Crippen molar-refractivity contribution in [2.75, 3.05) is 7.05 Å². The number of hydrogen-bond donors (Lipinski definition) is 2. The Bertz CT molecular complexity index is 1260. The van der Waals surface area contributed by atoms with Gasteiger partial charge in [0.2, 0.25) is 0 Å². The highest BCUT2D eigenvalue weighted by Crippen LogP contribution is 2.49. The number of rotatable bonds is 11. The predicted octanol–water partition coefficient (Wildman–Crippen LogP) is 7.31. The molecule has 186 valence electrons. The van der Waals surface area contributed by atoms with Crippen LogP contribution in [0.5, 0.6) is 5.75 Å². The summed E-state index contributed by atoms with van der Waals surface area (Å²) >= 11 is 0. The Morgan fingerprint density at radius 2 is 1.36 bits per heavy atom. The minimum atomic E-state index is -0.152. The van der Waals surface area contributed by atoms with Gasteiger partial charge in [-0.1, -0.05) is 126 Å². The number of aromatic hydroxyl groups is 1. The van der Waals surface area contributed by atoms with Crippen LogP contribution in [0.1, 0.15) is 60.1 Å². The van der Waals surface area contributed by atoms with Gasteiger partial charge in [0.1, 0.15) is 5.75 Å². The van der Waals surface area contributed by atoms with Crippen LogP contribution >= 0.6 is 8.58 Å². The average molecular weight is 496 g/mol. The van der Waals surface area contributed by atoms with E-state index in [0.717, 1.165) is 43.4 Å². The fourth-order valence-electron chi connectivity index (χ4n) is 5.11. The van der Waals surface area contributed by atoms with Crippen molar-refractivity contribution in [2.45, 2.75) is 51.2 Å². The first-order valence-corrected chi connectivity index (χ1v) is 14.0. The van der Waals surface area contributed by atoms with Crippen LogP contribution in [-0.4, -0.2) is 12.2 Å². The summed E-state index contributed by atoms with van der Waals surface area (Å²) in [7, 11) is 2.57. The lowest BCUT2D eigenvalue weighted by Crippen LogP contribution is -2.23. The van der Waals surface area contributed by atoms with Crippen molar-refractivity contribution < 1.29 is 5.11 Å². The van der Waals surface area contributed by atoms with Gasteiger partial charge in [0.05, 0.1) is 0 Å². The minimum absolute atomic E-state index is 0.152. The largest absolute Gasteiger partial charge is 0.507 e. The van der Waals surface area contributed by atoms with E-state index in [9.17, 15) is 5.11 Å². The summed E-state index contributed by atoms with van der Waals surface area (Å²) in [5, 5.41) is 16.3. The lowest BCUT2D eigenvalue weighted by Gasteiger charge is -2.33. The smallest absolute Gasteiger partial charge is 0.123 e. The number of hydrogen-bond acceptors (Lipinski definition) is 2. The maximum Gasteiger partial charge on any atom is 0.123 e. The van der Waals surface area contributed by atoms with Crippen molar-refractivity contribution in [3.63, 3.8) is 0 Å². The maximum absolute atomic E-state index is 11.7. The summed E-state index contributed by atoms with van der Waals surface area (Å²) in [5.41, 5.74) is 7.20. The van der Waals surface area contributed by atoms with Crippen molar-refractivity contribution in [1.82, 2.24) is 5.32 Å². The number of nitrogens with one attached hydrogen (secondary N) is 1. The maximum atomic E-state index is 11.7. The fraction of sp³-hybridized carbons (Fsp3) is 0.273. The number of benzene rings is 4. The lowest BCUT2D eigenvalue weighted by molar-refractivity contribution is 0.447. The van der Waals surface area contributed by atoms with Crippen molar-refractivity contribution in [2.24, 2.45) is 0 Å². The third-order valence-corrected chi connectivity index (χ3v) is 8.70. The van der Waals surface area contributed by atoms with Gasteiger partial charge in [-0.2, -0.15) is 0 Å². The van der Waals surface area contributed by atoms with Crippen LogP contribution in [0.2, 0.25) is 0 Å². The number of phenols is 1. The summed E-state index contributed by atoms with van der Waals surface area (Å²) in [6.45, 7) is 5.45. The highest BCUT2D eigenvalue weighted by molar-refractivity contribution is 7.48. The molecule has 4 aromatic carbocycles. The zero-order valence-electron chi connectivity index (χ0n) is 21.7. The molecule has 36 heavy (non-hydrogen) atoms. The lowest BCUT2D eigenvalue weighted by atomic mass is 9.88. The summed E-state index contributed by atoms with van der Waals surface area (Å²) < 4.78 is 0. The zero-order valence-corrected chi connectivity index (χ0v) is 22.7. The van der Waals surface area contributed by atoms with Gasteiger partial charge in [0.25, 0.3) is 0 Å². The molecule has 4 aromatic rings. The van der Waals surface area contributed by atoms with E-state index in [-0.39, 0.29) is 5.16 Å². The molecule has 0 spiro atoms. The monoisotopic (exact) mass is 495 g/mol. The van der Waals surface area contributed by atoms with Crippen LogP contribution in [-0.2, 0) is 24.5 Å². The van der Waals surface area contributed by atoms with Gasteiger partial charge in [-0.25, -0.2) is 0 Å². The third-order valence-electron chi connectivity index (χ3n) is 6.88. The molecule has 0 bridgehead atoms. The molecule has 0 saturated carbocycles. The molecule has 0 fully saturated rings. The van der Waals surface area contributed by atoms with E-state index in [4.69, 9.17) is 0 Å². The zero-order chi connectivity index (χ0) is 25.4. The molecular weight excluding hydrogens is 457 g/mol. The molecule has 0 radical (unpaired) electrons. The van der Waals surface area contributed by atoms with Gasteiger partial charge in [0.15, 0.2) is 0 Å². The van der Waals surface area contributed by atoms with Gasteiger partial charge in [-0.15, -0.1) is 0 Å². The van der Waals surface area contributed by atoms with E-state index >= 15 is 0 Å². The molecule has 0 saturated heterocycles. The topological polar surface area (TPSA) is 32.3 Å². The Balaban J connectivity index is 1.80. The first kappa shape index (κ1) is 26.1. The third kappa shape index (κ3) is 6.44. The van der Waals surface area contributed by atoms with Crippen LogP contribution in [0.15, 0.2) is 97.1 Å². The van der Waals surface area contributed by atoms with Gasteiger partial charge in [-0.3, -0.25) is 0 Å². The Morgan fingerprint density at radius 1 is 0.750 bits per heavy atom. The van der Waals surface area contributed by atoms with Crippen molar-refractivity contribution in [1.29, 1.82) is 0 Å². The van der Waals surface area contributed by atoms with Crippen LogP contribution < -0.4 is 10.6 Å². The van der Waals surface area contributed by atoms with Gasteiger partial charge in [0, 0.05) is 23.7 Å². The summed E-state index contributed by atoms with van der Waals surface area (Å²) in [6, 6.07) is 34.3. The molecule has 0 heterocycles. The van der Waals surface area contributed by atoms with Crippen LogP contribution in [0.3, 0.4) is 0 Å². The fourth-order valence-corrected chi connectivity index (χ4v) is 6.92. The molecule has 2 nitrogen and oxygen atoms in total. The second-order valence-electron chi connectivity index (χ2n) is 9.87. The molecule has 2 unspecified atom stereocenters. The highest BCUT2D eigenvalue weighted by Gasteiger charge is 2.31. The Morgan fingerprint density at radius 3 is 2.00 bits per heavy atom. The Labute approximate surface area is 218 Å². The molecule has 2 N–H and O–H groups in total. The quantitative estimate of drug-likeness (QED) is 0.214. The predicted molar refractivity (Wildman–Crippen MR) is 156 cm³/mol. The number of phenolic OH excluding ortho intramolecular Hbond substituents is 1. The Kier molecular flexibility index (Phi) is 8.97. The molecule has 4 rings (SSSR count). The molecule has 0 amide bonds. The summed E-state index contributed by atoms with van der Waals surface area (Å²) in [4.78, 5) is 0. The Hall–Kier alpha value is -2.93. The van der Waals surface area contributed by atoms with E-state index in [1.54, 1.807) is 0 Å². The van der Waals surface area contributed by atoms with Crippen LogP contribution in [0.4, 0.5) is 0 Å². The molecule has 0 aromatic heterocycles. The molecule has 3 heteroatoms. The first-order valence-electron chi connectivity index (χ1n) is 13.0. The van der Waals surface area contributed by atoms with E-state index in [1.165, 1.54) is 27.6 Å². The van der Waals surface area contributed by atoms with Gasteiger partial charge < -0.3 is 10.4 Å². The first-order chi connectivity index (χ1) is 17.5. The van der Waals surface area contributed by atoms with Crippen LogP contribution in [0.25, 0.3) is 0 Å². The second-order valence-corrected chi connectivity index (χ2v) is 11.8. The molecular formula is C33H38NOP. The van der Waals surface area contributed by atoms with Gasteiger partial charge >= 0.3 is 0 Å². The average Bonchev–Trinajstić information content (AvgIpc) is 2.88. The van der Waals surface area contributed by atoms with Crippen LogP contribution in [0, 0.1) is 0 Å². The van der Waals surface area contributed by atoms with Crippen molar-refractivity contribution in [3.05, 3.63) is 130 Å². The van der Waals surface area contributed by atoms with Gasteiger partial charge in [-0.05, 0) is 53.0 Å². The van der Waals surface area contributed by atoms with E-state index in [2.05, 4.69) is 110 Å². The highest BCUT2D eigenvalue weighted by atomic mass is 31.1.